The van der Waals surface area contributed by atoms with Crippen LogP contribution in [0.4, 0.5) is 10.5 Å². The largest absolute Gasteiger partial charge is 0.488 e. The van der Waals surface area contributed by atoms with Crippen LogP contribution in [0.1, 0.15) is 11.1 Å². The van der Waals surface area contributed by atoms with Gasteiger partial charge in [0.15, 0.2) is 0 Å². The molecule has 0 radical (unpaired) electrons. The van der Waals surface area contributed by atoms with Gasteiger partial charge in [-0.3, -0.25) is 14.9 Å². The number of carbonyl (C=O) groups excluding carboxylic acids is 3. The molecular formula is C24H13Cl5N2O4. The average Bonchev–Trinajstić information content (AvgIpc) is 2.79. The van der Waals surface area contributed by atoms with Crippen LogP contribution in [-0.2, 0) is 16.2 Å². The average molecular weight is 571 g/mol. The zero-order valence-electron chi connectivity index (χ0n) is 17.5. The SMILES string of the molecule is O=C1NC(=O)N(c2ccc(Cl)c(Cl)c2)C(=O)/C1=C/c1cc(Cl)ccc1OCc1ccc(Cl)cc1Cl. The second-order valence-corrected chi connectivity index (χ2v) is 9.36. The van der Waals surface area contributed by atoms with E-state index in [0.29, 0.717) is 31.9 Å². The van der Waals surface area contributed by atoms with E-state index < -0.39 is 17.8 Å². The fraction of sp³-hybridized carbons (Fsp3) is 0.0417. The number of barbiturate groups is 1. The molecule has 1 saturated heterocycles. The summed E-state index contributed by atoms with van der Waals surface area (Å²) in [6.07, 6.45) is 1.29. The Labute approximate surface area is 224 Å². The maximum absolute atomic E-state index is 13.2. The van der Waals surface area contributed by atoms with Crippen molar-refractivity contribution in [1.82, 2.24) is 5.32 Å². The van der Waals surface area contributed by atoms with E-state index in [2.05, 4.69) is 5.32 Å². The van der Waals surface area contributed by atoms with Gasteiger partial charge in [0.05, 0.1) is 15.7 Å². The Bertz CT molecular complexity index is 1410. The lowest BCUT2D eigenvalue weighted by molar-refractivity contribution is -0.122. The molecule has 0 atom stereocenters. The highest BCUT2D eigenvalue weighted by Crippen LogP contribution is 2.32. The normalized spacial score (nSPS) is 14.9. The summed E-state index contributed by atoms with van der Waals surface area (Å²) < 4.78 is 5.89. The molecule has 0 spiro atoms. The number of urea groups is 1. The van der Waals surface area contributed by atoms with E-state index >= 15 is 0 Å². The lowest BCUT2D eigenvalue weighted by Gasteiger charge is -2.26. The van der Waals surface area contributed by atoms with Crippen LogP contribution < -0.4 is 15.0 Å². The maximum atomic E-state index is 13.2. The number of benzene rings is 3. The van der Waals surface area contributed by atoms with Crippen molar-refractivity contribution in [3.8, 4) is 5.75 Å². The summed E-state index contributed by atoms with van der Waals surface area (Å²) in [5, 5.41) is 3.78. The quantitative estimate of drug-likeness (QED) is 0.260. The van der Waals surface area contributed by atoms with Crippen molar-refractivity contribution in [3.63, 3.8) is 0 Å². The summed E-state index contributed by atoms with van der Waals surface area (Å²) >= 11 is 30.3. The van der Waals surface area contributed by atoms with Crippen LogP contribution in [0, 0.1) is 0 Å². The summed E-state index contributed by atoms with van der Waals surface area (Å²) in [6.45, 7) is 0.0852. The molecule has 0 aliphatic carbocycles. The number of nitrogens with one attached hydrogen (secondary N) is 1. The fourth-order valence-corrected chi connectivity index (χ4v) is 4.17. The molecule has 1 N–H and O–H groups in total. The van der Waals surface area contributed by atoms with Gasteiger partial charge in [-0.2, -0.15) is 0 Å². The molecule has 0 aromatic heterocycles. The number of anilines is 1. The van der Waals surface area contributed by atoms with Gasteiger partial charge >= 0.3 is 6.03 Å². The molecule has 0 bridgehead atoms. The standard InChI is InChI=1S/C24H13Cl5N2O4/c25-14-3-6-21(35-11-12-1-2-15(26)9-19(12)28)13(7-14)8-17-22(32)30-24(34)31(23(17)33)16-4-5-18(27)20(29)10-16/h1-10H,11H2,(H,30,32,34)/b17-8+. The summed E-state index contributed by atoms with van der Waals surface area (Å²) in [7, 11) is 0. The number of rotatable bonds is 5. The first-order valence-corrected chi connectivity index (χ1v) is 11.8. The smallest absolute Gasteiger partial charge is 0.335 e. The van der Waals surface area contributed by atoms with E-state index in [1.807, 2.05) is 0 Å². The molecule has 1 fully saturated rings. The Hall–Kier alpha value is -2.74. The highest BCUT2D eigenvalue weighted by Gasteiger charge is 2.37. The topological polar surface area (TPSA) is 75.7 Å². The van der Waals surface area contributed by atoms with Gasteiger partial charge in [-0.1, -0.05) is 64.1 Å². The molecule has 1 aliphatic rings. The molecule has 1 aliphatic heterocycles. The number of ether oxygens (including phenoxy) is 1. The predicted octanol–water partition coefficient (Wildman–Crippen LogP) is 7.20. The van der Waals surface area contributed by atoms with Crippen molar-refractivity contribution < 1.29 is 19.1 Å². The number of carbonyl (C=O) groups is 3. The second-order valence-electron chi connectivity index (χ2n) is 7.26. The molecule has 4 rings (SSSR count). The zero-order chi connectivity index (χ0) is 25.3. The van der Waals surface area contributed by atoms with E-state index in [1.54, 1.807) is 30.3 Å². The van der Waals surface area contributed by atoms with Gasteiger partial charge in [-0.25, -0.2) is 9.69 Å². The second kappa shape index (κ2) is 10.5. The van der Waals surface area contributed by atoms with Crippen molar-refractivity contribution in [2.24, 2.45) is 0 Å². The van der Waals surface area contributed by atoms with E-state index in [1.165, 1.54) is 30.3 Å². The number of hydrogen-bond donors (Lipinski definition) is 1. The van der Waals surface area contributed by atoms with Gasteiger partial charge in [0.2, 0.25) is 0 Å². The minimum absolute atomic E-state index is 0.0852. The van der Waals surface area contributed by atoms with Crippen LogP contribution in [0.2, 0.25) is 25.1 Å². The number of hydrogen-bond acceptors (Lipinski definition) is 4. The first-order chi connectivity index (χ1) is 16.6. The van der Waals surface area contributed by atoms with Crippen LogP contribution in [0.3, 0.4) is 0 Å². The van der Waals surface area contributed by atoms with Gasteiger partial charge < -0.3 is 4.74 Å². The molecule has 11 heteroatoms. The van der Waals surface area contributed by atoms with Crippen molar-refractivity contribution in [2.45, 2.75) is 6.61 Å². The lowest BCUT2D eigenvalue weighted by Crippen LogP contribution is -2.54. The number of nitrogens with zero attached hydrogens (tertiary/aromatic N) is 1. The molecule has 4 amide bonds. The van der Waals surface area contributed by atoms with E-state index in [0.717, 1.165) is 4.90 Å². The zero-order valence-corrected chi connectivity index (χ0v) is 21.2. The van der Waals surface area contributed by atoms with Crippen LogP contribution in [0.5, 0.6) is 5.75 Å². The van der Waals surface area contributed by atoms with Crippen LogP contribution in [0.25, 0.3) is 6.08 Å². The van der Waals surface area contributed by atoms with Gasteiger partial charge in [0.25, 0.3) is 11.8 Å². The third-order valence-electron chi connectivity index (χ3n) is 4.93. The highest BCUT2D eigenvalue weighted by atomic mass is 35.5. The minimum atomic E-state index is -0.921. The number of halogens is 5. The lowest BCUT2D eigenvalue weighted by atomic mass is 10.1. The molecule has 0 unspecified atom stereocenters. The minimum Gasteiger partial charge on any atom is -0.488 e. The van der Waals surface area contributed by atoms with Crippen molar-refractivity contribution in [2.75, 3.05) is 4.90 Å². The first-order valence-electron chi connectivity index (χ1n) is 9.87. The molecular weight excluding hydrogens is 558 g/mol. The van der Waals surface area contributed by atoms with Crippen LogP contribution in [0.15, 0.2) is 60.2 Å². The Morgan fingerprint density at radius 3 is 2.23 bits per heavy atom. The number of imide groups is 2. The molecule has 35 heavy (non-hydrogen) atoms. The van der Waals surface area contributed by atoms with Gasteiger partial charge in [0, 0.05) is 26.2 Å². The fourth-order valence-electron chi connectivity index (χ4n) is 3.23. The molecule has 0 saturated carbocycles. The van der Waals surface area contributed by atoms with Crippen LogP contribution in [-0.4, -0.2) is 17.8 Å². The van der Waals surface area contributed by atoms with E-state index in [-0.39, 0.29) is 27.9 Å². The van der Waals surface area contributed by atoms with Crippen LogP contribution >= 0.6 is 58.0 Å². The third kappa shape index (κ3) is 5.58. The first kappa shape index (κ1) is 25.4. The molecule has 1 heterocycles. The highest BCUT2D eigenvalue weighted by molar-refractivity contribution is 6.43. The third-order valence-corrected chi connectivity index (χ3v) is 6.49. The number of amides is 4. The van der Waals surface area contributed by atoms with E-state index in [4.69, 9.17) is 62.7 Å². The summed E-state index contributed by atoms with van der Waals surface area (Å²) in [6, 6.07) is 13.0. The molecule has 178 valence electrons. The maximum Gasteiger partial charge on any atom is 0.335 e. The van der Waals surface area contributed by atoms with Gasteiger partial charge in [-0.05, 0) is 54.6 Å². The van der Waals surface area contributed by atoms with Gasteiger partial charge in [-0.15, -0.1) is 0 Å². The predicted molar refractivity (Wildman–Crippen MR) is 138 cm³/mol. The summed E-state index contributed by atoms with van der Waals surface area (Å²) in [4.78, 5) is 39.0. The Kier molecular flexibility index (Phi) is 7.59. The van der Waals surface area contributed by atoms with E-state index in [9.17, 15) is 14.4 Å². The molecule has 3 aromatic carbocycles. The Balaban J connectivity index is 1.68. The van der Waals surface area contributed by atoms with Gasteiger partial charge in [0.1, 0.15) is 17.9 Å². The Morgan fingerprint density at radius 1 is 0.800 bits per heavy atom. The molecule has 3 aromatic rings. The molecule has 6 nitrogen and oxygen atoms in total. The summed E-state index contributed by atoms with van der Waals surface area (Å²) in [5.74, 6) is -1.40. The van der Waals surface area contributed by atoms with Crippen molar-refractivity contribution >= 4 is 87.6 Å². The van der Waals surface area contributed by atoms with Crippen molar-refractivity contribution in [3.05, 3.63) is 96.4 Å². The monoisotopic (exact) mass is 568 g/mol. The summed E-state index contributed by atoms with van der Waals surface area (Å²) in [5.41, 5.74) is 0.838. The van der Waals surface area contributed by atoms with Crippen molar-refractivity contribution in [1.29, 1.82) is 0 Å². The Morgan fingerprint density at radius 2 is 1.51 bits per heavy atom.